The summed E-state index contributed by atoms with van der Waals surface area (Å²) in [6.07, 6.45) is 0.728. The van der Waals surface area contributed by atoms with Gasteiger partial charge in [-0.2, -0.15) is 4.31 Å². The van der Waals surface area contributed by atoms with Crippen molar-refractivity contribution >= 4 is 38.6 Å². The van der Waals surface area contributed by atoms with Crippen LogP contribution in [-0.4, -0.2) is 30.8 Å². The Balaban J connectivity index is 3.03. The number of nitrogens with zero attached hydrogens (tertiary/aromatic N) is 1. The van der Waals surface area contributed by atoms with Crippen LogP contribution in [0.1, 0.15) is 18.2 Å². The molecule has 0 spiro atoms. The fourth-order valence-electron chi connectivity index (χ4n) is 1.39. The Morgan fingerprint density at radius 3 is 2.59 bits per heavy atom. The summed E-state index contributed by atoms with van der Waals surface area (Å²) in [5, 5.41) is 0. The van der Waals surface area contributed by atoms with Crippen molar-refractivity contribution in [2.75, 3.05) is 13.1 Å². The third-order valence-corrected chi connectivity index (χ3v) is 5.56. The normalized spacial score (nSPS) is 11.9. The van der Waals surface area contributed by atoms with Crippen molar-refractivity contribution in [1.82, 2.24) is 4.31 Å². The first-order chi connectivity index (χ1) is 7.87. The molecule has 0 atom stereocenters. The van der Waals surface area contributed by atoms with Crippen LogP contribution in [-0.2, 0) is 10.0 Å². The van der Waals surface area contributed by atoms with Crippen molar-refractivity contribution in [1.29, 1.82) is 0 Å². The van der Waals surface area contributed by atoms with Crippen LogP contribution in [0.3, 0.4) is 0 Å². The van der Waals surface area contributed by atoms with Crippen molar-refractivity contribution in [3.8, 4) is 0 Å². The van der Waals surface area contributed by atoms with E-state index in [4.69, 9.17) is 18.0 Å². The molecule has 0 aromatic carbocycles. The van der Waals surface area contributed by atoms with Crippen molar-refractivity contribution < 1.29 is 8.42 Å². The molecule has 1 rings (SSSR count). The number of thiocarbonyl (C=S) groups is 1. The second kappa shape index (κ2) is 5.90. The van der Waals surface area contributed by atoms with E-state index < -0.39 is 10.0 Å². The molecule has 7 heteroatoms. The Hall–Kier alpha value is -0.500. The Kier molecular flexibility index (Phi) is 5.05. The van der Waals surface area contributed by atoms with Crippen LogP contribution < -0.4 is 5.73 Å². The number of nitrogens with two attached hydrogens (primary N) is 1. The van der Waals surface area contributed by atoms with Gasteiger partial charge in [0.25, 0.3) is 10.0 Å². The standard InChI is InChI=1S/C10H16N2O2S3/c1-3-6-12(7-9(11)15)17(13,14)10-5-4-8(2)16-10/h4-5H,3,6-7H2,1-2H3,(H2,11,15). The van der Waals surface area contributed by atoms with Gasteiger partial charge in [-0.25, -0.2) is 8.42 Å². The molecule has 0 unspecified atom stereocenters. The molecule has 0 amide bonds. The average molecular weight is 292 g/mol. The molecule has 2 N–H and O–H groups in total. The lowest BCUT2D eigenvalue weighted by atomic mass is 10.5. The molecule has 1 aromatic rings. The summed E-state index contributed by atoms with van der Waals surface area (Å²) < 4.78 is 26.3. The van der Waals surface area contributed by atoms with E-state index in [-0.39, 0.29) is 11.5 Å². The van der Waals surface area contributed by atoms with E-state index in [1.807, 2.05) is 13.8 Å². The Morgan fingerprint density at radius 2 is 2.18 bits per heavy atom. The van der Waals surface area contributed by atoms with Gasteiger partial charge in [0, 0.05) is 11.4 Å². The second-order valence-corrected chi connectivity index (χ2v) is 7.65. The number of thiophene rings is 1. The van der Waals surface area contributed by atoms with Gasteiger partial charge in [0.15, 0.2) is 0 Å². The number of hydrogen-bond donors (Lipinski definition) is 1. The lowest BCUT2D eigenvalue weighted by molar-refractivity contribution is 0.451. The van der Waals surface area contributed by atoms with Gasteiger partial charge in [-0.3, -0.25) is 0 Å². The average Bonchev–Trinajstić information content (AvgIpc) is 2.64. The van der Waals surface area contributed by atoms with E-state index in [0.717, 1.165) is 11.3 Å². The summed E-state index contributed by atoms with van der Waals surface area (Å²) in [6, 6.07) is 3.42. The van der Waals surface area contributed by atoms with Gasteiger partial charge in [-0.05, 0) is 25.5 Å². The maximum atomic E-state index is 12.3. The van der Waals surface area contributed by atoms with Crippen LogP contribution >= 0.6 is 23.6 Å². The summed E-state index contributed by atoms with van der Waals surface area (Å²) in [6.45, 7) is 4.32. The maximum Gasteiger partial charge on any atom is 0.252 e. The molecular weight excluding hydrogens is 276 g/mol. The third-order valence-electron chi connectivity index (χ3n) is 2.12. The monoisotopic (exact) mass is 292 g/mol. The molecule has 0 radical (unpaired) electrons. The highest BCUT2D eigenvalue weighted by Gasteiger charge is 2.25. The molecule has 0 aliphatic rings. The van der Waals surface area contributed by atoms with Gasteiger partial charge in [0.2, 0.25) is 0 Å². The fourth-order valence-corrected chi connectivity index (χ4v) is 4.57. The largest absolute Gasteiger partial charge is 0.392 e. The lowest BCUT2D eigenvalue weighted by Gasteiger charge is -2.19. The van der Waals surface area contributed by atoms with Crippen LogP contribution in [0.2, 0.25) is 0 Å². The fraction of sp³-hybridized carbons (Fsp3) is 0.500. The highest BCUT2D eigenvalue weighted by molar-refractivity contribution is 7.91. The van der Waals surface area contributed by atoms with Gasteiger partial charge in [-0.15, -0.1) is 11.3 Å². The molecule has 0 fully saturated rings. The predicted molar refractivity (Wildman–Crippen MR) is 74.9 cm³/mol. The topological polar surface area (TPSA) is 63.4 Å². The van der Waals surface area contributed by atoms with E-state index in [2.05, 4.69) is 0 Å². The van der Waals surface area contributed by atoms with E-state index in [1.54, 1.807) is 12.1 Å². The smallest absolute Gasteiger partial charge is 0.252 e. The SMILES string of the molecule is CCCN(CC(N)=S)S(=O)(=O)c1ccc(C)s1. The minimum Gasteiger partial charge on any atom is -0.392 e. The van der Waals surface area contributed by atoms with Gasteiger partial charge in [0.1, 0.15) is 4.21 Å². The van der Waals surface area contributed by atoms with E-state index >= 15 is 0 Å². The third kappa shape index (κ3) is 3.74. The van der Waals surface area contributed by atoms with Crippen LogP contribution in [0.4, 0.5) is 0 Å². The van der Waals surface area contributed by atoms with E-state index in [0.29, 0.717) is 10.8 Å². The highest BCUT2D eigenvalue weighted by Crippen LogP contribution is 2.24. The van der Waals surface area contributed by atoms with Crippen molar-refractivity contribution in [2.24, 2.45) is 5.73 Å². The number of sulfonamides is 1. The highest BCUT2D eigenvalue weighted by atomic mass is 32.2. The molecule has 1 heterocycles. The zero-order chi connectivity index (χ0) is 13.1. The van der Waals surface area contributed by atoms with Crippen molar-refractivity contribution in [2.45, 2.75) is 24.5 Å². The van der Waals surface area contributed by atoms with Crippen LogP contribution in [0.15, 0.2) is 16.3 Å². The number of rotatable bonds is 6. The number of hydrogen-bond acceptors (Lipinski definition) is 4. The zero-order valence-electron chi connectivity index (χ0n) is 9.84. The van der Waals surface area contributed by atoms with Crippen LogP contribution in [0.25, 0.3) is 0 Å². The second-order valence-electron chi connectivity index (χ2n) is 3.67. The molecule has 1 aromatic heterocycles. The van der Waals surface area contributed by atoms with Crippen LogP contribution in [0.5, 0.6) is 0 Å². The predicted octanol–water partition coefficient (Wildman–Crippen LogP) is 1.74. The molecule has 0 saturated carbocycles. The first-order valence-electron chi connectivity index (χ1n) is 5.22. The molecule has 4 nitrogen and oxygen atoms in total. The molecular formula is C10H16N2O2S3. The van der Waals surface area contributed by atoms with Crippen LogP contribution in [0, 0.1) is 6.92 Å². The van der Waals surface area contributed by atoms with Gasteiger partial charge >= 0.3 is 0 Å². The summed E-state index contributed by atoms with van der Waals surface area (Å²) in [7, 11) is -3.45. The molecule has 17 heavy (non-hydrogen) atoms. The summed E-state index contributed by atoms with van der Waals surface area (Å²) in [5.41, 5.74) is 5.43. The van der Waals surface area contributed by atoms with E-state index in [1.165, 1.54) is 15.6 Å². The summed E-state index contributed by atoms with van der Waals surface area (Å²) in [4.78, 5) is 1.16. The lowest BCUT2D eigenvalue weighted by Crippen LogP contribution is -2.37. The molecule has 0 aliphatic heterocycles. The quantitative estimate of drug-likeness (QED) is 0.811. The minimum atomic E-state index is -3.45. The molecule has 96 valence electrons. The van der Waals surface area contributed by atoms with Gasteiger partial charge in [0.05, 0.1) is 11.5 Å². The van der Waals surface area contributed by atoms with Crippen molar-refractivity contribution in [3.63, 3.8) is 0 Å². The molecule has 0 aliphatic carbocycles. The molecule has 0 bridgehead atoms. The number of aryl methyl sites for hydroxylation is 1. The summed E-state index contributed by atoms with van der Waals surface area (Å²) >= 11 is 6.05. The minimum absolute atomic E-state index is 0.0997. The van der Waals surface area contributed by atoms with Gasteiger partial charge in [-0.1, -0.05) is 19.1 Å². The Morgan fingerprint density at radius 1 is 1.53 bits per heavy atom. The first kappa shape index (κ1) is 14.6. The van der Waals surface area contributed by atoms with Gasteiger partial charge < -0.3 is 5.73 Å². The first-order valence-corrected chi connectivity index (χ1v) is 7.89. The summed E-state index contributed by atoms with van der Waals surface area (Å²) in [5.74, 6) is 0. The molecule has 0 saturated heterocycles. The Bertz CT molecular complexity index is 493. The Labute approximate surface area is 111 Å². The van der Waals surface area contributed by atoms with E-state index in [9.17, 15) is 8.42 Å². The maximum absolute atomic E-state index is 12.3. The van der Waals surface area contributed by atoms with Crippen molar-refractivity contribution in [3.05, 3.63) is 17.0 Å². The zero-order valence-corrected chi connectivity index (χ0v) is 12.3.